The van der Waals surface area contributed by atoms with Crippen LogP contribution >= 0.6 is 0 Å². The first-order valence-corrected chi connectivity index (χ1v) is 8.80. The van der Waals surface area contributed by atoms with E-state index < -0.39 is 0 Å². The number of nitrogens with zero attached hydrogens (tertiary/aromatic N) is 3. The van der Waals surface area contributed by atoms with Gasteiger partial charge in [-0.05, 0) is 42.8 Å². The average Bonchev–Trinajstić information content (AvgIpc) is 3.11. The Kier molecular flexibility index (Phi) is 5.84. The summed E-state index contributed by atoms with van der Waals surface area (Å²) in [5.74, 6) is 0.690. The van der Waals surface area contributed by atoms with Crippen LogP contribution in [0.4, 0.5) is 5.69 Å². The highest BCUT2D eigenvalue weighted by molar-refractivity contribution is 5.95. The first-order valence-electron chi connectivity index (χ1n) is 8.80. The molecule has 0 N–H and O–H groups in total. The van der Waals surface area contributed by atoms with Crippen LogP contribution in [-0.2, 0) is 16.0 Å². The Bertz CT molecular complexity index is 747. The van der Waals surface area contributed by atoms with Crippen LogP contribution in [0.15, 0.2) is 48.7 Å². The molecule has 2 heterocycles. The summed E-state index contributed by atoms with van der Waals surface area (Å²) in [6.45, 7) is 1.34. The zero-order chi connectivity index (χ0) is 18.4. The predicted molar refractivity (Wildman–Crippen MR) is 99.1 cm³/mol. The molecule has 0 aliphatic carbocycles. The minimum absolute atomic E-state index is 0.0132. The SMILES string of the molecule is CN(CCc1ccccn1)C(=O)COc1ccc(N2CCCC2=O)cc1. The van der Waals surface area contributed by atoms with Crippen molar-refractivity contribution in [3.8, 4) is 5.75 Å². The van der Waals surface area contributed by atoms with Crippen molar-refractivity contribution < 1.29 is 14.3 Å². The molecule has 2 aromatic rings. The fraction of sp³-hybridized carbons (Fsp3) is 0.350. The maximum Gasteiger partial charge on any atom is 0.260 e. The summed E-state index contributed by atoms with van der Waals surface area (Å²) in [7, 11) is 1.76. The molecule has 6 heteroatoms. The Morgan fingerprint density at radius 2 is 2.04 bits per heavy atom. The number of carbonyl (C=O) groups excluding carboxylic acids is 2. The van der Waals surface area contributed by atoms with E-state index in [4.69, 9.17) is 4.74 Å². The van der Waals surface area contributed by atoms with Crippen molar-refractivity contribution in [3.63, 3.8) is 0 Å². The van der Waals surface area contributed by atoms with Gasteiger partial charge < -0.3 is 14.5 Å². The summed E-state index contributed by atoms with van der Waals surface area (Å²) in [4.78, 5) is 31.6. The molecular formula is C20H23N3O3. The first-order chi connectivity index (χ1) is 12.6. The van der Waals surface area contributed by atoms with Crippen molar-refractivity contribution in [2.24, 2.45) is 0 Å². The molecule has 0 saturated carbocycles. The van der Waals surface area contributed by atoms with E-state index in [-0.39, 0.29) is 18.4 Å². The van der Waals surface area contributed by atoms with Crippen LogP contribution in [0.3, 0.4) is 0 Å². The van der Waals surface area contributed by atoms with Crippen LogP contribution in [0.25, 0.3) is 0 Å². The molecule has 0 bridgehead atoms. The number of ether oxygens (including phenoxy) is 1. The third kappa shape index (κ3) is 4.59. The van der Waals surface area contributed by atoms with E-state index >= 15 is 0 Å². The Hall–Kier alpha value is -2.89. The van der Waals surface area contributed by atoms with Crippen molar-refractivity contribution in [2.45, 2.75) is 19.3 Å². The Labute approximate surface area is 153 Å². The molecule has 1 aromatic heterocycles. The van der Waals surface area contributed by atoms with Gasteiger partial charge in [-0.15, -0.1) is 0 Å². The highest BCUT2D eigenvalue weighted by atomic mass is 16.5. The lowest BCUT2D eigenvalue weighted by molar-refractivity contribution is -0.132. The summed E-state index contributed by atoms with van der Waals surface area (Å²) in [6, 6.07) is 13.1. The van der Waals surface area contributed by atoms with Gasteiger partial charge in [0, 0.05) is 50.6 Å². The second kappa shape index (κ2) is 8.47. The van der Waals surface area contributed by atoms with Crippen LogP contribution in [0, 0.1) is 0 Å². The second-order valence-corrected chi connectivity index (χ2v) is 6.32. The second-order valence-electron chi connectivity index (χ2n) is 6.32. The van der Waals surface area contributed by atoms with E-state index in [2.05, 4.69) is 4.98 Å². The van der Waals surface area contributed by atoms with E-state index in [0.717, 1.165) is 24.3 Å². The fourth-order valence-corrected chi connectivity index (χ4v) is 2.85. The van der Waals surface area contributed by atoms with Crippen LogP contribution in [0.2, 0.25) is 0 Å². The zero-order valence-corrected chi connectivity index (χ0v) is 14.9. The van der Waals surface area contributed by atoms with Gasteiger partial charge in [0.05, 0.1) is 0 Å². The van der Waals surface area contributed by atoms with Crippen LogP contribution in [0.1, 0.15) is 18.5 Å². The van der Waals surface area contributed by atoms with Gasteiger partial charge in [-0.1, -0.05) is 6.07 Å². The standard InChI is InChI=1S/C20H23N3O3/c1-22(14-11-16-5-2-3-12-21-16)20(25)15-26-18-9-7-17(8-10-18)23-13-4-6-19(23)24/h2-3,5,7-10,12H,4,6,11,13-15H2,1H3. The van der Waals surface area contributed by atoms with Crippen LogP contribution < -0.4 is 9.64 Å². The normalized spacial score (nSPS) is 13.7. The molecule has 1 aliphatic rings. The lowest BCUT2D eigenvalue weighted by Crippen LogP contribution is -2.33. The molecule has 26 heavy (non-hydrogen) atoms. The lowest BCUT2D eigenvalue weighted by Gasteiger charge is -2.18. The van der Waals surface area contributed by atoms with Crippen molar-refractivity contribution >= 4 is 17.5 Å². The molecular weight excluding hydrogens is 330 g/mol. The van der Waals surface area contributed by atoms with Crippen molar-refractivity contribution in [1.82, 2.24) is 9.88 Å². The molecule has 0 atom stereocenters. The summed E-state index contributed by atoms with van der Waals surface area (Å²) >= 11 is 0. The maximum atomic E-state index is 12.2. The van der Waals surface area contributed by atoms with Gasteiger partial charge in [-0.3, -0.25) is 14.6 Å². The number of anilines is 1. The van der Waals surface area contributed by atoms with Crippen LogP contribution in [-0.4, -0.2) is 48.4 Å². The predicted octanol–water partition coefficient (Wildman–Crippen LogP) is 2.29. The third-order valence-corrected chi connectivity index (χ3v) is 4.44. The molecule has 2 amide bonds. The molecule has 1 saturated heterocycles. The Morgan fingerprint density at radius 1 is 1.23 bits per heavy atom. The van der Waals surface area contributed by atoms with Crippen molar-refractivity contribution in [2.75, 3.05) is 31.6 Å². The number of rotatable bonds is 7. The van der Waals surface area contributed by atoms with Gasteiger partial charge in [0.25, 0.3) is 5.91 Å². The lowest BCUT2D eigenvalue weighted by atomic mass is 10.2. The molecule has 1 aromatic carbocycles. The largest absolute Gasteiger partial charge is 0.484 e. The Morgan fingerprint density at radius 3 is 2.69 bits per heavy atom. The number of hydrogen-bond donors (Lipinski definition) is 0. The van der Waals surface area contributed by atoms with E-state index in [9.17, 15) is 9.59 Å². The smallest absolute Gasteiger partial charge is 0.260 e. The average molecular weight is 353 g/mol. The molecule has 6 nitrogen and oxygen atoms in total. The van der Waals surface area contributed by atoms with E-state index in [1.807, 2.05) is 30.3 Å². The number of aromatic nitrogens is 1. The van der Waals surface area contributed by atoms with Crippen molar-refractivity contribution in [1.29, 1.82) is 0 Å². The van der Waals surface area contributed by atoms with Crippen molar-refractivity contribution in [3.05, 3.63) is 54.4 Å². The van der Waals surface area contributed by atoms with Gasteiger partial charge in [0.15, 0.2) is 6.61 Å². The molecule has 136 valence electrons. The molecule has 1 aliphatic heterocycles. The fourth-order valence-electron chi connectivity index (χ4n) is 2.85. The van der Waals surface area contributed by atoms with Gasteiger partial charge in [0.1, 0.15) is 5.75 Å². The summed E-state index contributed by atoms with van der Waals surface area (Å²) in [6.07, 6.45) is 3.97. The number of hydrogen-bond acceptors (Lipinski definition) is 4. The summed E-state index contributed by atoms with van der Waals surface area (Å²) < 4.78 is 5.58. The van der Waals surface area contributed by atoms with E-state index in [0.29, 0.717) is 25.1 Å². The number of likely N-dealkylation sites (N-methyl/N-ethyl adjacent to an activating group) is 1. The van der Waals surface area contributed by atoms with Crippen LogP contribution in [0.5, 0.6) is 5.75 Å². The van der Waals surface area contributed by atoms with Gasteiger partial charge in [0.2, 0.25) is 5.91 Å². The molecule has 1 fully saturated rings. The minimum Gasteiger partial charge on any atom is -0.484 e. The van der Waals surface area contributed by atoms with Gasteiger partial charge in [-0.25, -0.2) is 0 Å². The topological polar surface area (TPSA) is 62.7 Å². The third-order valence-electron chi connectivity index (χ3n) is 4.44. The maximum absolute atomic E-state index is 12.2. The van der Waals surface area contributed by atoms with Gasteiger partial charge in [-0.2, -0.15) is 0 Å². The monoisotopic (exact) mass is 353 g/mol. The zero-order valence-electron chi connectivity index (χ0n) is 14.9. The summed E-state index contributed by atoms with van der Waals surface area (Å²) in [5, 5.41) is 0. The molecule has 0 spiro atoms. The van der Waals surface area contributed by atoms with Gasteiger partial charge >= 0.3 is 0 Å². The number of amides is 2. The van der Waals surface area contributed by atoms with E-state index in [1.165, 1.54) is 0 Å². The molecule has 0 radical (unpaired) electrons. The number of carbonyl (C=O) groups is 2. The van der Waals surface area contributed by atoms with E-state index in [1.54, 1.807) is 35.2 Å². The first kappa shape index (κ1) is 17.9. The molecule has 3 rings (SSSR count). The minimum atomic E-state index is -0.0836. The highest BCUT2D eigenvalue weighted by Gasteiger charge is 2.21. The molecule has 0 unspecified atom stereocenters. The number of pyridine rings is 1. The quantitative estimate of drug-likeness (QED) is 0.766. The summed E-state index contributed by atoms with van der Waals surface area (Å²) in [5.41, 5.74) is 1.83. The number of benzene rings is 1. The highest BCUT2D eigenvalue weighted by Crippen LogP contribution is 2.23. The Balaban J connectivity index is 1.45.